The third-order valence-corrected chi connectivity index (χ3v) is 2.52. The molecular formula is C12H18N4O2. The molecule has 18 heavy (non-hydrogen) atoms. The molecule has 6 heteroatoms. The number of nitrogens with one attached hydrogen (secondary N) is 1. The molecule has 2 aromatic heterocycles. The van der Waals surface area contributed by atoms with Crippen LogP contribution in [0.1, 0.15) is 12.6 Å². The summed E-state index contributed by atoms with van der Waals surface area (Å²) in [6.45, 7) is 5.18. The molecule has 2 rings (SSSR count). The summed E-state index contributed by atoms with van der Waals surface area (Å²) in [6, 6.07) is 3.74. The molecule has 0 spiro atoms. The second-order valence-corrected chi connectivity index (χ2v) is 4.08. The van der Waals surface area contributed by atoms with Crippen molar-refractivity contribution >= 4 is 11.5 Å². The molecular weight excluding hydrogens is 232 g/mol. The van der Waals surface area contributed by atoms with Crippen molar-refractivity contribution in [2.45, 2.75) is 20.0 Å². The van der Waals surface area contributed by atoms with Crippen LogP contribution in [0.5, 0.6) is 0 Å². The summed E-state index contributed by atoms with van der Waals surface area (Å²) >= 11 is 0. The zero-order valence-electron chi connectivity index (χ0n) is 10.6. The van der Waals surface area contributed by atoms with Gasteiger partial charge in [0.1, 0.15) is 5.82 Å². The average Bonchev–Trinajstić information content (AvgIpc) is 2.81. The Bertz CT molecular complexity index is 512. The van der Waals surface area contributed by atoms with E-state index in [-0.39, 0.29) is 0 Å². The topological polar surface area (TPSA) is 71.7 Å². The number of aliphatic hydroxyl groups is 1. The van der Waals surface area contributed by atoms with Crippen molar-refractivity contribution in [2.75, 3.05) is 25.1 Å². The van der Waals surface area contributed by atoms with E-state index in [2.05, 4.69) is 15.4 Å². The maximum Gasteiger partial charge on any atom is 0.157 e. The van der Waals surface area contributed by atoms with E-state index >= 15 is 0 Å². The van der Waals surface area contributed by atoms with Crippen molar-refractivity contribution in [3.8, 4) is 0 Å². The van der Waals surface area contributed by atoms with Gasteiger partial charge in [-0.3, -0.25) is 0 Å². The van der Waals surface area contributed by atoms with E-state index in [1.807, 2.05) is 26.0 Å². The SMILES string of the molecule is CCOC[C@@H](O)CNc1cc(C)nc2ccnn12. The first kappa shape index (κ1) is 12.8. The van der Waals surface area contributed by atoms with E-state index in [1.54, 1.807) is 10.7 Å². The third kappa shape index (κ3) is 2.96. The first-order chi connectivity index (χ1) is 8.70. The summed E-state index contributed by atoms with van der Waals surface area (Å²) in [6.07, 6.45) is 1.16. The molecule has 0 amide bonds. The van der Waals surface area contributed by atoms with Crippen molar-refractivity contribution in [2.24, 2.45) is 0 Å². The van der Waals surface area contributed by atoms with Crippen molar-refractivity contribution in [3.63, 3.8) is 0 Å². The van der Waals surface area contributed by atoms with Crippen LogP contribution in [0.2, 0.25) is 0 Å². The fourth-order valence-corrected chi connectivity index (χ4v) is 1.70. The van der Waals surface area contributed by atoms with Crippen LogP contribution in [0, 0.1) is 6.92 Å². The monoisotopic (exact) mass is 250 g/mol. The van der Waals surface area contributed by atoms with Gasteiger partial charge in [-0.25, -0.2) is 4.98 Å². The molecule has 0 aliphatic rings. The number of aliphatic hydroxyl groups excluding tert-OH is 1. The lowest BCUT2D eigenvalue weighted by Gasteiger charge is -2.13. The van der Waals surface area contributed by atoms with E-state index in [1.165, 1.54) is 0 Å². The average molecular weight is 250 g/mol. The Labute approximate surface area is 106 Å². The molecule has 6 nitrogen and oxygen atoms in total. The highest BCUT2D eigenvalue weighted by Crippen LogP contribution is 2.11. The highest BCUT2D eigenvalue weighted by Gasteiger charge is 2.07. The second kappa shape index (κ2) is 5.79. The normalized spacial score (nSPS) is 12.8. The van der Waals surface area contributed by atoms with Gasteiger partial charge in [-0.15, -0.1) is 0 Å². The molecule has 0 bridgehead atoms. The number of ether oxygens (including phenoxy) is 1. The highest BCUT2D eigenvalue weighted by atomic mass is 16.5. The predicted molar refractivity (Wildman–Crippen MR) is 68.7 cm³/mol. The van der Waals surface area contributed by atoms with Crippen LogP contribution < -0.4 is 5.32 Å². The molecule has 0 unspecified atom stereocenters. The molecule has 0 radical (unpaired) electrons. The van der Waals surface area contributed by atoms with Crippen molar-refractivity contribution in [3.05, 3.63) is 24.0 Å². The number of fused-ring (bicyclic) bond motifs is 1. The lowest BCUT2D eigenvalue weighted by atomic mass is 10.3. The van der Waals surface area contributed by atoms with E-state index in [0.29, 0.717) is 19.8 Å². The molecule has 2 heterocycles. The molecule has 1 atom stereocenters. The number of aromatic nitrogens is 3. The van der Waals surface area contributed by atoms with Gasteiger partial charge in [0.2, 0.25) is 0 Å². The smallest absolute Gasteiger partial charge is 0.157 e. The zero-order valence-corrected chi connectivity index (χ0v) is 10.6. The fourth-order valence-electron chi connectivity index (χ4n) is 1.70. The minimum atomic E-state index is -0.538. The first-order valence-corrected chi connectivity index (χ1v) is 6.01. The maximum atomic E-state index is 9.70. The van der Waals surface area contributed by atoms with E-state index in [4.69, 9.17) is 4.74 Å². The van der Waals surface area contributed by atoms with Gasteiger partial charge in [-0.1, -0.05) is 0 Å². The molecule has 0 saturated heterocycles. The summed E-state index contributed by atoms with van der Waals surface area (Å²) < 4.78 is 6.86. The van der Waals surface area contributed by atoms with E-state index in [0.717, 1.165) is 17.2 Å². The summed E-state index contributed by atoms with van der Waals surface area (Å²) in [7, 11) is 0. The van der Waals surface area contributed by atoms with Crippen LogP contribution in [-0.2, 0) is 4.74 Å². The Morgan fingerprint density at radius 1 is 1.56 bits per heavy atom. The number of rotatable bonds is 6. The standard InChI is InChI=1S/C12H18N4O2/c1-3-18-8-10(17)7-13-12-6-9(2)15-11-4-5-14-16(11)12/h4-6,10,13,17H,3,7-8H2,1-2H3/t10-/m0/s1. The Kier molecular flexibility index (Phi) is 4.11. The minimum Gasteiger partial charge on any atom is -0.389 e. The van der Waals surface area contributed by atoms with Gasteiger partial charge in [0, 0.05) is 31.0 Å². The van der Waals surface area contributed by atoms with Gasteiger partial charge in [-0.2, -0.15) is 9.61 Å². The maximum absolute atomic E-state index is 9.70. The van der Waals surface area contributed by atoms with Gasteiger partial charge in [0.05, 0.1) is 18.9 Å². The molecule has 2 aromatic rings. The number of hydrogen-bond acceptors (Lipinski definition) is 5. The van der Waals surface area contributed by atoms with Crippen molar-refractivity contribution < 1.29 is 9.84 Å². The number of anilines is 1. The second-order valence-electron chi connectivity index (χ2n) is 4.08. The van der Waals surface area contributed by atoms with Gasteiger partial charge in [-0.05, 0) is 13.8 Å². The minimum absolute atomic E-state index is 0.329. The van der Waals surface area contributed by atoms with Crippen molar-refractivity contribution in [1.29, 1.82) is 0 Å². The largest absolute Gasteiger partial charge is 0.389 e. The van der Waals surface area contributed by atoms with E-state index < -0.39 is 6.10 Å². The first-order valence-electron chi connectivity index (χ1n) is 6.01. The van der Waals surface area contributed by atoms with Gasteiger partial charge in [0.15, 0.2) is 5.65 Å². The molecule has 2 N–H and O–H groups in total. The fraction of sp³-hybridized carbons (Fsp3) is 0.500. The molecule has 0 fully saturated rings. The highest BCUT2D eigenvalue weighted by molar-refractivity contribution is 5.48. The van der Waals surface area contributed by atoms with Crippen LogP contribution >= 0.6 is 0 Å². The lowest BCUT2D eigenvalue weighted by molar-refractivity contribution is 0.0495. The predicted octanol–water partition coefficient (Wildman–Crippen LogP) is 0.847. The van der Waals surface area contributed by atoms with Crippen LogP contribution in [0.4, 0.5) is 5.82 Å². The summed E-state index contributed by atoms with van der Waals surface area (Å²) in [5.41, 5.74) is 1.70. The number of aryl methyl sites for hydroxylation is 1. The summed E-state index contributed by atoms with van der Waals surface area (Å²) in [4.78, 5) is 4.35. The molecule has 0 aromatic carbocycles. The van der Waals surface area contributed by atoms with Crippen LogP contribution in [0.3, 0.4) is 0 Å². The molecule has 0 saturated carbocycles. The number of hydrogen-bond donors (Lipinski definition) is 2. The molecule has 98 valence electrons. The quantitative estimate of drug-likeness (QED) is 0.795. The van der Waals surface area contributed by atoms with E-state index in [9.17, 15) is 5.11 Å². The Morgan fingerprint density at radius 2 is 2.39 bits per heavy atom. The molecule has 0 aliphatic carbocycles. The zero-order chi connectivity index (χ0) is 13.0. The van der Waals surface area contributed by atoms with Gasteiger partial charge in [0.25, 0.3) is 0 Å². The van der Waals surface area contributed by atoms with Gasteiger partial charge < -0.3 is 15.2 Å². The van der Waals surface area contributed by atoms with Crippen molar-refractivity contribution in [1.82, 2.24) is 14.6 Å². The Balaban J connectivity index is 2.04. The number of nitrogens with zero attached hydrogens (tertiary/aromatic N) is 3. The summed E-state index contributed by atoms with van der Waals surface area (Å²) in [5, 5.41) is 17.0. The van der Waals surface area contributed by atoms with Crippen LogP contribution in [-0.4, -0.2) is 45.6 Å². The Hall–Kier alpha value is -1.66. The van der Waals surface area contributed by atoms with Gasteiger partial charge >= 0.3 is 0 Å². The summed E-state index contributed by atoms with van der Waals surface area (Å²) in [5.74, 6) is 0.818. The lowest BCUT2D eigenvalue weighted by Crippen LogP contribution is -2.25. The Morgan fingerprint density at radius 3 is 3.17 bits per heavy atom. The van der Waals surface area contributed by atoms with Crippen LogP contribution in [0.25, 0.3) is 5.65 Å². The van der Waals surface area contributed by atoms with Crippen LogP contribution in [0.15, 0.2) is 18.3 Å². The third-order valence-electron chi connectivity index (χ3n) is 2.52. The molecule has 0 aliphatic heterocycles.